The van der Waals surface area contributed by atoms with E-state index < -0.39 is 11.8 Å². The number of amides is 5. The van der Waals surface area contributed by atoms with Gasteiger partial charge in [-0.15, -0.1) is 0 Å². The molecule has 2 aromatic rings. The molecule has 2 aliphatic heterocycles. The Morgan fingerprint density at radius 3 is 1.89 bits per heavy atom. The molecule has 3 fully saturated rings. The molecule has 1 saturated carbocycles. The summed E-state index contributed by atoms with van der Waals surface area (Å²) in [4.78, 5) is 69.5. The molecule has 5 atom stereocenters. The Kier molecular flexibility index (Phi) is 16.0. The van der Waals surface area contributed by atoms with Crippen LogP contribution in [0.2, 0.25) is 0 Å². The van der Waals surface area contributed by atoms with Gasteiger partial charge >= 0.3 is 0 Å². The number of rotatable bonds is 21. The van der Waals surface area contributed by atoms with E-state index in [1.807, 2.05) is 18.2 Å². The van der Waals surface area contributed by atoms with Crippen LogP contribution in [0.4, 0.5) is 0 Å². The molecule has 0 spiro atoms. The van der Waals surface area contributed by atoms with E-state index in [0.717, 1.165) is 32.1 Å². The molecule has 1 aliphatic carbocycles. The lowest BCUT2D eigenvalue weighted by molar-refractivity contribution is -0.132. The summed E-state index contributed by atoms with van der Waals surface area (Å²) in [7, 11) is 1.54. The monoisotopic (exact) mass is 741 g/mol. The van der Waals surface area contributed by atoms with Gasteiger partial charge in [0.25, 0.3) is 11.8 Å². The van der Waals surface area contributed by atoms with Gasteiger partial charge in [-0.2, -0.15) is 0 Å². The van der Waals surface area contributed by atoms with Crippen molar-refractivity contribution in [3.8, 4) is 0 Å². The Hall–Kier alpha value is -4.21. The average Bonchev–Trinajstić information content (AvgIpc) is 3.56. The maximum atomic E-state index is 13.6. The summed E-state index contributed by atoms with van der Waals surface area (Å²) in [6.07, 6.45) is 18.1. The fraction of sp³-hybridized carbons (Fsp3) is 0.614. The number of hydrogen-bond donors (Lipinski definition) is 3. The number of hydrogen-bond acceptors (Lipinski definition) is 5. The van der Waals surface area contributed by atoms with Crippen molar-refractivity contribution < 1.29 is 24.0 Å². The minimum atomic E-state index is -0.652. The van der Waals surface area contributed by atoms with Crippen LogP contribution in [0.1, 0.15) is 142 Å². The first kappa shape index (κ1) is 41.0. The van der Waals surface area contributed by atoms with E-state index in [1.54, 1.807) is 41.1 Å². The number of likely N-dealkylation sites (tertiary alicyclic amines) is 2. The van der Waals surface area contributed by atoms with Gasteiger partial charge in [0.05, 0.1) is 11.8 Å². The van der Waals surface area contributed by atoms with Crippen LogP contribution >= 0.6 is 0 Å². The first-order valence-electron chi connectivity index (χ1n) is 20.8. The fourth-order valence-corrected chi connectivity index (χ4v) is 8.30. The van der Waals surface area contributed by atoms with E-state index in [0.29, 0.717) is 30.6 Å². The number of benzene rings is 2. The normalized spacial score (nSPS) is 21.9. The van der Waals surface area contributed by atoms with E-state index in [1.165, 1.54) is 69.8 Å². The molecule has 2 heterocycles. The smallest absolute Gasteiger partial charge is 0.254 e. The van der Waals surface area contributed by atoms with Crippen LogP contribution in [0.5, 0.6) is 0 Å². The second-order valence-corrected chi connectivity index (χ2v) is 15.7. The maximum Gasteiger partial charge on any atom is 0.254 e. The van der Waals surface area contributed by atoms with Gasteiger partial charge in [-0.1, -0.05) is 108 Å². The van der Waals surface area contributed by atoms with Crippen molar-refractivity contribution in [3.63, 3.8) is 0 Å². The van der Waals surface area contributed by atoms with Gasteiger partial charge in [0.2, 0.25) is 17.7 Å². The molecule has 5 amide bonds. The Labute approximate surface area is 322 Å². The maximum absolute atomic E-state index is 13.6. The molecule has 0 bridgehead atoms. The van der Waals surface area contributed by atoms with Crippen molar-refractivity contribution in [3.05, 3.63) is 71.3 Å². The van der Waals surface area contributed by atoms with Crippen molar-refractivity contribution in [2.75, 3.05) is 33.2 Å². The van der Waals surface area contributed by atoms with E-state index in [4.69, 9.17) is 0 Å². The summed E-state index contributed by atoms with van der Waals surface area (Å²) >= 11 is 0. The highest BCUT2D eigenvalue weighted by molar-refractivity contribution is 5.99. The van der Waals surface area contributed by atoms with E-state index in [-0.39, 0.29) is 60.6 Å². The van der Waals surface area contributed by atoms with Crippen LogP contribution in [0.15, 0.2) is 54.6 Å². The summed E-state index contributed by atoms with van der Waals surface area (Å²) in [6.45, 7) is 3.81. The van der Waals surface area contributed by atoms with Gasteiger partial charge in [0, 0.05) is 68.8 Å². The van der Waals surface area contributed by atoms with Crippen molar-refractivity contribution >= 4 is 29.5 Å². The van der Waals surface area contributed by atoms with Gasteiger partial charge < -0.3 is 25.8 Å². The number of nitrogens with one attached hydrogen (secondary N) is 3. The minimum absolute atomic E-state index is 0.00970. The zero-order valence-corrected chi connectivity index (χ0v) is 32.7. The van der Waals surface area contributed by atoms with Gasteiger partial charge in [-0.05, 0) is 55.5 Å². The van der Waals surface area contributed by atoms with Gasteiger partial charge in [0.15, 0.2) is 0 Å². The SMILES string of the molecule is CCCCCCCCCCCCCCNC(=O)C[C@H]1CCCN1C(=O)c1ccc(C(=O)N2C[C@@H](C(=O)NC)[C@H](C(=O)N[C@H]3C[C@@H]3c3ccccc3)C2)cc1. The van der Waals surface area contributed by atoms with Crippen molar-refractivity contribution in [2.45, 2.75) is 128 Å². The third kappa shape index (κ3) is 11.6. The third-order valence-electron chi connectivity index (χ3n) is 11.7. The number of unbranched alkanes of at least 4 members (excludes halogenated alkanes) is 11. The van der Waals surface area contributed by atoms with Gasteiger partial charge in [0.1, 0.15) is 0 Å². The molecule has 0 aromatic heterocycles. The molecule has 2 saturated heterocycles. The zero-order valence-electron chi connectivity index (χ0n) is 32.7. The lowest BCUT2D eigenvalue weighted by atomic mass is 9.94. The lowest BCUT2D eigenvalue weighted by Crippen LogP contribution is -2.41. The third-order valence-corrected chi connectivity index (χ3v) is 11.7. The van der Waals surface area contributed by atoms with Crippen LogP contribution in [0.25, 0.3) is 0 Å². The Balaban J connectivity index is 1.03. The highest BCUT2D eigenvalue weighted by Gasteiger charge is 2.46. The summed E-state index contributed by atoms with van der Waals surface area (Å²) in [5.41, 5.74) is 2.04. The first-order chi connectivity index (χ1) is 26.3. The number of nitrogens with zero attached hydrogens (tertiary/aromatic N) is 2. The zero-order chi connectivity index (χ0) is 38.3. The Morgan fingerprint density at radius 2 is 1.28 bits per heavy atom. The quantitative estimate of drug-likeness (QED) is 0.124. The van der Waals surface area contributed by atoms with Crippen LogP contribution in [-0.4, -0.2) is 84.6 Å². The second kappa shape index (κ2) is 21.0. The molecule has 294 valence electrons. The molecule has 3 aliphatic rings. The van der Waals surface area contributed by atoms with Crippen LogP contribution in [-0.2, 0) is 14.4 Å². The van der Waals surface area contributed by atoms with Crippen LogP contribution in [0.3, 0.4) is 0 Å². The van der Waals surface area contributed by atoms with Crippen LogP contribution < -0.4 is 16.0 Å². The minimum Gasteiger partial charge on any atom is -0.359 e. The van der Waals surface area contributed by atoms with E-state index in [2.05, 4.69) is 35.0 Å². The standard InChI is InChI=1S/C44H63N5O5/c1-3-4-5-6-7-8-9-10-11-12-13-17-26-46-40(50)28-35-21-18-27-49(35)44(54)34-24-22-33(23-25-34)43(53)48-30-37(41(51)45-2)38(31-48)42(52)47-39-29-36(39)32-19-15-14-16-20-32/h14-16,19-20,22-25,35-39H,3-13,17-18,21,26-31H2,1-2H3,(H,45,51)(H,46,50)(H,47,52)/t35-,36-,37-,38-,39+/m1/s1. The topological polar surface area (TPSA) is 128 Å². The molecule has 0 unspecified atom stereocenters. The number of carbonyl (C=O) groups excluding carboxylic acids is 5. The average molecular weight is 742 g/mol. The predicted molar refractivity (Wildman–Crippen MR) is 212 cm³/mol. The fourth-order valence-electron chi connectivity index (χ4n) is 8.30. The first-order valence-corrected chi connectivity index (χ1v) is 20.8. The molecule has 5 rings (SSSR count). The van der Waals surface area contributed by atoms with E-state index >= 15 is 0 Å². The van der Waals surface area contributed by atoms with Crippen LogP contribution in [0, 0.1) is 11.8 Å². The summed E-state index contributed by atoms with van der Waals surface area (Å²) in [5, 5.41) is 8.85. The van der Waals surface area contributed by atoms with E-state index in [9.17, 15) is 24.0 Å². The largest absolute Gasteiger partial charge is 0.359 e. The molecule has 10 nitrogen and oxygen atoms in total. The van der Waals surface area contributed by atoms with Gasteiger partial charge in [-0.25, -0.2) is 0 Å². The Bertz CT molecular complexity index is 1530. The predicted octanol–water partition coefficient (Wildman–Crippen LogP) is 6.61. The summed E-state index contributed by atoms with van der Waals surface area (Å²) < 4.78 is 0. The molecule has 0 radical (unpaired) electrons. The lowest BCUT2D eigenvalue weighted by Gasteiger charge is -2.24. The summed E-state index contributed by atoms with van der Waals surface area (Å²) in [6, 6.07) is 16.5. The highest BCUT2D eigenvalue weighted by Crippen LogP contribution is 2.41. The molecule has 3 N–H and O–H groups in total. The van der Waals surface area contributed by atoms with Gasteiger partial charge in [-0.3, -0.25) is 24.0 Å². The molecular formula is C44H63N5O5. The molecule has 54 heavy (non-hydrogen) atoms. The molecular weight excluding hydrogens is 679 g/mol. The number of carbonyl (C=O) groups is 5. The van der Waals surface area contributed by atoms with Crippen molar-refractivity contribution in [2.24, 2.45) is 11.8 Å². The molecule has 2 aromatic carbocycles. The molecule has 10 heteroatoms. The Morgan fingerprint density at radius 1 is 0.704 bits per heavy atom. The van der Waals surface area contributed by atoms with Crippen molar-refractivity contribution in [1.29, 1.82) is 0 Å². The summed E-state index contributed by atoms with van der Waals surface area (Å²) in [5.74, 6) is -1.95. The second-order valence-electron chi connectivity index (χ2n) is 15.7. The highest BCUT2D eigenvalue weighted by atomic mass is 16.2. The van der Waals surface area contributed by atoms with Crippen molar-refractivity contribution in [1.82, 2.24) is 25.8 Å².